The van der Waals surface area contributed by atoms with Crippen molar-refractivity contribution in [2.75, 3.05) is 0 Å². The summed E-state index contributed by atoms with van der Waals surface area (Å²) in [7, 11) is 0. The summed E-state index contributed by atoms with van der Waals surface area (Å²) in [5, 5.41) is 18.7. The Morgan fingerprint density at radius 3 is 2.43 bits per heavy atom. The zero-order valence-corrected chi connectivity index (χ0v) is 11.3. The molecule has 0 radical (unpaired) electrons. The van der Waals surface area contributed by atoms with Gasteiger partial charge in [0.15, 0.2) is 0 Å². The summed E-state index contributed by atoms with van der Waals surface area (Å²) in [6.45, 7) is 0. The maximum atomic E-state index is 14.7. The van der Waals surface area contributed by atoms with Crippen LogP contribution in [0.25, 0.3) is 0 Å². The summed E-state index contributed by atoms with van der Waals surface area (Å²) in [6.07, 6.45) is -6.70. The molecule has 0 aromatic heterocycles. The number of benzene rings is 1. The van der Waals surface area contributed by atoms with E-state index in [1.165, 1.54) is 12.1 Å². The third kappa shape index (κ3) is 2.43. The molecule has 0 bridgehead atoms. The number of carbonyl (C=O) groups is 1. The number of halogens is 5. The number of aliphatic hydroxyl groups is 2. The number of Topliss-reactive ketones (excluding diaryl/α,β-unsaturated/α-hetero) is 1. The van der Waals surface area contributed by atoms with Crippen LogP contribution in [0.1, 0.15) is 28.8 Å². The molecule has 21 heavy (non-hydrogen) atoms. The van der Waals surface area contributed by atoms with Gasteiger partial charge in [-0.1, -0.05) is 11.6 Å². The summed E-state index contributed by atoms with van der Waals surface area (Å²) in [4.78, 5) is 12.1. The van der Waals surface area contributed by atoms with Crippen molar-refractivity contribution >= 4 is 17.4 Å². The van der Waals surface area contributed by atoms with Gasteiger partial charge >= 0.3 is 12.0 Å². The fourth-order valence-corrected chi connectivity index (χ4v) is 2.59. The fourth-order valence-electron chi connectivity index (χ4n) is 2.40. The van der Waals surface area contributed by atoms with Gasteiger partial charge in [0.05, 0.1) is 0 Å². The molecule has 3 nitrogen and oxygen atoms in total. The number of aryl methyl sites for hydroxylation is 1. The van der Waals surface area contributed by atoms with Gasteiger partial charge in [0.25, 0.3) is 0 Å². The van der Waals surface area contributed by atoms with Gasteiger partial charge in [-0.25, -0.2) is 4.39 Å². The summed E-state index contributed by atoms with van der Waals surface area (Å²) in [5.74, 6) is -6.35. The average molecular weight is 327 g/mol. The molecule has 0 heterocycles. The smallest absolute Gasteiger partial charge is 0.356 e. The lowest BCUT2D eigenvalue weighted by molar-refractivity contribution is -0.383. The molecule has 116 valence electrons. The number of carbonyl (C=O) groups excluding carboxylic acids is 1. The first-order valence-electron chi connectivity index (χ1n) is 6.04. The molecule has 1 unspecified atom stereocenters. The molecular weight excluding hydrogens is 316 g/mol. The second kappa shape index (κ2) is 4.93. The van der Waals surface area contributed by atoms with Crippen LogP contribution < -0.4 is 0 Å². The maximum absolute atomic E-state index is 14.7. The topological polar surface area (TPSA) is 57.5 Å². The van der Waals surface area contributed by atoms with Crippen molar-refractivity contribution in [3.8, 4) is 0 Å². The molecule has 0 spiro atoms. The van der Waals surface area contributed by atoms with Gasteiger partial charge in [-0.05, 0) is 43.0 Å². The number of alkyl halides is 4. The Morgan fingerprint density at radius 2 is 1.86 bits per heavy atom. The first kappa shape index (κ1) is 16.2. The lowest BCUT2D eigenvalue weighted by Crippen LogP contribution is -2.64. The van der Waals surface area contributed by atoms with Crippen LogP contribution in [0.2, 0.25) is 5.02 Å². The van der Waals surface area contributed by atoms with Crippen LogP contribution in [0, 0.1) is 0 Å². The molecule has 1 aromatic carbocycles. The van der Waals surface area contributed by atoms with Gasteiger partial charge in [0.1, 0.15) is 0 Å². The van der Waals surface area contributed by atoms with Crippen molar-refractivity contribution in [3.05, 3.63) is 34.3 Å². The predicted octanol–water partition coefficient (Wildman–Crippen LogP) is 2.81. The minimum atomic E-state index is -5.70. The number of fused-ring (bicyclic) bond motifs is 1. The highest BCUT2D eigenvalue weighted by molar-refractivity contribution is 6.30. The number of hydrogen-bond donors (Lipinski definition) is 2. The van der Waals surface area contributed by atoms with Crippen molar-refractivity contribution in [3.63, 3.8) is 0 Å². The van der Waals surface area contributed by atoms with Crippen LogP contribution in [0.3, 0.4) is 0 Å². The largest absolute Gasteiger partial charge is 0.446 e. The monoisotopic (exact) mass is 326 g/mol. The summed E-state index contributed by atoms with van der Waals surface area (Å²) < 4.78 is 52.8. The van der Waals surface area contributed by atoms with Gasteiger partial charge in [-0.3, -0.25) is 4.79 Å². The third-order valence-electron chi connectivity index (χ3n) is 3.59. The van der Waals surface area contributed by atoms with Gasteiger partial charge in [-0.15, -0.1) is 0 Å². The van der Waals surface area contributed by atoms with Crippen molar-refractivity contribution in [2.24, 2.45) is 0 Å². The summed E-state index contributed by atoms with van der Waals surface area (Å²) in [6, 6.07) is 3.67. The van der Waals surface area contributed by atoms with Gasteiger partial charge in [0, 0.05) is 10.6 Å². The van der Waals surface area contributed by atoms with E-state index in [9.17, 15) is 32.6 Å². The minimum Gasteiger partial charge on any atom is -0.356 e. The normalized spacial score (nSPS) is 23.7. The van der Waals surface area contributed by atoms with E-state index in [1.807, 2.05) is 0 Å². The molecule has 1 aliphatic rings. The van der Waals surface area contributed by atoms with E-state index >= 15 is 0 Å². The molecule has 0 amide bonds. The molecule has 0 fully saturated rings. The lowest BCUT2D eigenvalue weighted by atomic mass is 9.84. The van der Waals surface area contributed by atoms with Crippen molar-refractivity contribution in [2.45, 2.75) is 36.9 Å². The average Bonchev–Trinajstić information content (AvgIpc) is 2.47. The molecule has 1 aromatic rings. The zero-order valence-electron chi connectivity index (χ0n) is 10.5. The second-order valence-electron chi connectivity index (χ2n) is 4.96. The molecule has 1 atom stereocenters. The third-order valence-corrected chi connectivity index (χ3v) is 3.82. The van der Waals surface area contributed by atoms with Crippen molar-refractivity contribution < 1.29 is 32.6 Å². The maximum Gasteiger partial charge on any atom is 0.446 e. The van der Waals surface area contributed by atoms with E-state index in [2.05, 4.69) is 0 Å². The molecule has 2 N–H and O–H groups in total. The molecule has 2 rings (SSSR count). The van der Waals surface area contributed by atoms with E-state index in [0.29, 0.717) is 0 Å². The first-order chi connectivity index (χ1) is 9.50. The van der Waals surface area contributed by atoms with E-state index in [1.54, 1.807) is 0 Å². The van der Waals surface area contributed by atoms with Crippen LogP contribution in [-0.2, 0) is 6.42 Å². The Hall–Kier alpha value is -1.18. The second-order valence-corrected chi connectivity index (χ2v) is 5.39. The highest BCUT2D eigenvalue weighted by Crippen LogP contribution is 2.45. The van der Waals surface area contributed by atoms with Gasteiger partial charge in [0.2, 0.25) is 11.5 Å². The van der Waals surface area contributed by atoms with E-state index in [-0.39, 0.29) is 29.0 Å². The minimum absolute atomic E-state index is 0.112. The van der Waals surface area contributed by atoms with Crippen LogP contribution in [0.5, 0.6) is 0 Å². The van der Waals surface area contributed by atoms with E-state index < -0.39 is 29.8 Å². The highest BCUT2D eigenvalue weighted by atomic mass is 35.5. The first-order valence-corrected chi connectivity index (χ1v) is 6.42. The lowest BCUT2D eigenvalue weighted by Gasteiger charge is -2.36. The number of ketones is 1. The van der Waals surface area contributed by atoms with Crippen LogP contribution >= 0.6 is 11.6 Å². The SMILES string of the molecule is O=C1c2ccc(Cl)cc2CCCC1(F)C(O)(O)C(F)(F)F. The molecular formula is C13H11ClF4O3. The van der Waals surface area contributed by atoms with E-state index in [4.69, 9.17) is 11.6 Å². The van der Waals surface area contributed by atoms with Gasteiger partial charge < -0.3 is 10.2 Å². The Bertz CT molecular complexity index is 585. The fraction of sp³-hybridized carbons (Fsp3) is 0.462. The van der Waals surface area contributed by atoms with Crippen molar-refractivity contribution in [1.82, 2.24) is 0 Å². The van der Waals surface area contributed by atoms with Crippen molar-refractivity contribution in [1.29, 1.82) is 0 Å². The van der Waals surface area contributed by atoms with Gasteiger partial charge in [-0.2, -0.15) is 13.2 Å². The quantitative estimate of drug-likeness (QED) is 0.474. The Kier molecular flexibility index (Phi) is 3.80. The van der Waals surface area contributed by atoms with Crippen LogP contribution in [0.4, 0.5) is 17.6 Å². The molecule has 0 aliphatic heterocycles. The number of rotatable bonds is 1. The number of hydrogen-bond acceptors (Lipinski definition) is 3. The molecule has 0 saturated heterocycles. The zero-order chi connectivity index (χ0) is 16.1. The predicted molar refractivity (Wildman–Crippen MR) is 65.8 cm³/mol. The Labute approximate surface area is 122 Å². The molecule has 0 saturated carbocycles. The summed E-state index contributed by atoms with van der Waals surface area (Å²) in [5.41, 5.74) is -3.90. The molecule has 8 heteroatoms. The summed E-state index contributed by atoms with van der Waals surface area (Å²) >= 11 is 5.73. The highest BCUT2D eigenvalue weighted by Gasteiger charge is 2.70. The van der Waals surface area contributed by atoms with Crippen LogP contribution in [0.15, 0.2) is 18.2 Å². The Morgan fingerprint density at radius 1 is 1.24 bits per heavy atom. The molecule has 1 aliphatic carbocycles. The van der Waals surface area contributed by atoms with Crippen LogP contribution in [-0.4, -0.2) is 33.6 Å². The Balaban J connectivity index is 2.57. The standard InChI is InChI=1S/C13H11ClF4O3/c14-8-3-4-9-7(6-8)2-1-5-11(15,10(9)19)12(20,21)13(16,17)18/h3-4,6,20-21H,1-2,5H2. The van der Waals surface area contributed by atoms with E-state index in [0.717, 1.165) is 6.07 Å².